The predicted molar refractivity (Wildman–Crippen MR) is 88.6 cm³/mol. The summed E-state index contributed by atoms with van der Waals surface area (Å²) in [6, 6.07) is 8.74. The lowest BCUT2D eigenvalue weighted by Gasteiger charge is -2.20. The van der Waals surface area contributed by atoms with Crippen molar-refractivity contribution in [3.63, 3.8) is 0 Å². The molecule has 1 N–H and O–H groups in total. The second-order valence-corrected chi connectivity index (χ2v) is 5.97. The molecule has 0 bridgehead atoms. The van der Waals surface area contributed by atoms with Crippen LogP contribution in [0.1, 0.15) is 35.5 Å². The summed E-state index contributed by atoms with van der Waals surface area (Å²) in [6.07, 6.45) is 0. The third-order valence-corrected chi connectivity index (χ3v) is 3.87. The number of hydrogen-bond acceptors (Lipinski definition) is 3. The molecule has 1 unspecified atom stereocenters. The molecule has 1 aromatic heterocycles. The highest BCUT2D eigenvalue weighted by atomic mass is 15.3. The molecule has 0 amide bonds. The van der Waals surface area contributed by atoms with Gasteiger partial charge in [-0.05, 0) is 46.5 Å². The van der Waals surface area contributed by atoms with Gasteiger partial charge in [-0.3, -0.25) is 4.68 Å². The molecule has 0 fully saturated rings. The van der Waals surface area contributed by atoms with Crippen LogP contribution in [0.2, 0.25) is 0 Å². The Balaban J connectivity index is 2.25. The second-order valence-electron chi connectivity index (χ2n) is 5.97. The fraction of sp³-hybridized carbons (Fsp3) is 0.471. The maximum absolute atomic E-state index is 4.51. The van der Waals surface area contributed by atoms with E-state index in [2.05, 4.69) is 74.4 Å². The van der Waals surface area contributed by atoms with Crippen LogP contribution >= 0.6 is 0 Å². The van der Waals surface area contributed by atoms with Crippen LogP contribution in [-0.2, 0) is 13.6 Å². The normalized spacial score (nSPS) is 12.7. The van der Waals surface area contributed by atoms with E-state index in [1.165, 1.54) is 22.5 Å². The van der Waals surface area contributed by atoms with Gasteiger partial charge >= 0.3 is 0 Å². The van der Waals surface area contributed by atoms with Crippen LogP contribution in [0, 0.1) is 13.8 Å². The van der Waals surface area contributed by atoms with E-state index in [1.807, 2.05) is 11.7 Å². The molecular formula is C17H26N4. The number of aryl methyl sites for hydroxylation is 2. The van der Waals surface area contributed by atoms with E-state index < -0.39 is 0 Å². The first-order valence-corrected chi connectivity index (χ1v) is 7.39. The molecule has 0 radical (unpaired) electrons. The second kappa shape index (κ2) is 6.31. The molecule has 0 saturated heterocycles. The van der Waals surface area contributed by atoms with E-state index in [4.69, 9.17) is 0 Å². The van der Waals surface area contributed by atoms with Crippen LogP contribution < -0.4 is 5.32 Å². The molecule has 0 saturated carbocycles. The molecule has 2 aromatic rings. The number of benzene rings is 1. The molecule has 114 valence electrons. The number of rotatable bonds is 5. The molecule has 0 spiro atoms. The fourth-order valence-electron chi connectivity index (χ4n) is 2.86. The number of anilines is 1. The summed E-state index contributed by atoms with van der Waals surface area (Å²) in [7, 11) is 6.18. The lowest BCUT2D eigenvalue weighted by molar-refractivity contribution is 0.403. The zero-order valence-corrected chi connectivity index (χ0v) is 13.9. The van der Waals surface area contributed by atoms with Gasteiger partial charge < -0.3 is 10.2 Å². The standard InChI is InChI=1S/C17H26N4/c1-12(17-13(2)19-21(6)14(17)3)18-16-10-8-7-9-15(16)11-20(4)5/h7-10,12,18H,11H2,1-6H3. The summed E-state index contributed by atoms with van der Waals surface area (Å²) in [5.41, 5.74) is 6.12. The van der Waals surface area contributed by atoms with E-state index in [0.717, 1.165) is 12.2 Å². The van der Waals surface area contributed by atoms with Crippen molar-refractivity contribution in [2.24, 2.45) is 7.05 Å². The average Bonchev–Trinajstić information content (AvgIpc) is 2.65. The Morgan fingerprint density at radius 3 is 2.48 bits per heavy atom. The van der Waals surface area contributed by atoms with E-state index in [1.54, 1.807) is 0 Å². The number of nitrogens with one attached hydrogen (secondary N) is 1. The molecule has 1 aromatic carbocycles. The summed E-state index contributed by atoms with van der Waals surface area (Å²) in [5, 5.41) is 8.16. The largest absolute Gasteiger partial charge is 0.378 e. The lowest BCUT2D eigenvalue weighted by atomic mass is 10.0. The minimum Gasteiger partial charge on any atom is -0.378 e. The summed E-state index contributed by atoms with van der Waals surface area (Å²) in [5.74, 6) is 0. The zero-order chi connectivity index (χ0) is 15.6. The van der Waals surface area contributed by atoms with E-state index in [9.17, 15) is 0 Å². The minimum atomic E-state index is 0.238. The molecule has 0 aliphatic heterocycles. The highest BCUT2D eigenvalue weighted by molar-refractivity contribution is 5.53. The Morgan fingerprint density at radius 2 is 1.90 bits per heavy atom. The Kier molecular flexibility index (Phi) is 4.68. The Bertz CT molecular complexity index is 613. The molecule has 2 rings (SSSR count). The highest BCUT2D eigenvalue weighted by Gasteiger charge is 2.17. The van der Waals surface area contributed by atoms with Crippen molar-refractivity contribution in [1.29, 1.82) is 0 Å². The Hall–Kier alpha value is -1.81. The number of aromatic nitrogens is 2. The first kappa shape index (κ1) is 15.6. The van der Waals surface area contributed by atoms with Gasteiger partial charge in [-0.2, -0.15) is 5.10 Å². The smallest absolute Gasteiger partial charge is 0.0649 e. The van der Waals surface area contributed by atoms with Crippen LogP contribution in [0.15, 0.2) is 24.3 Å². The molecule has 21 heavy (non-hydrogen) atoms. The van der Waals surface area contributed by atoms with Crippen molar-refractivity contribution in [2.45, 2.75) is 33.4 Å². The van der Waals surface area contributed by atoms with Crippen LogP contribution in [0.3, 0.4) is 0 Å². The van der Waals surface area contributed by atoms with Crippen molar-refractivity contribution in [3.05, 3.63) is 46.8 Å². The Morgan fingerprint density at radius 1 is 1.24 bits per heavy atom. The van der Waals surface area contributed by atoms with Gasteiger partial charge in [-0.25, -0.2) is 0 Å². The fourth-order valence-corrected chi connectivity index (χ4v) is 2.86. The Labute approximate surface area is 127 Å². The lowest BCUT2D eigenvalue weighted by Crippen LogP contribution is -2.15. The predicted octanol–water partition coefficient (Wildman–Crippen LogP) is 3.27. The first-order valence-electron chi connectivity index (χ1n) is 7.39. The van der Waals surface area contributed by atoms with E-state index in [0.29, 0.717) is 0 Å². The minimum absolute atomic E-state index is 0.238. The van der Waals surface area contributed by atoms with Crippen LogP contribution in [0.25, 0.3) is 0 Å². The molecule has 0 aliphatic rings. The van der Waals surface area contributed by atoms with E-state index in [-0.39, 0.29) is 6.04 Å². The summed E-state index contributed by atoms with van der Waals surface area (Å²) >= 11 is 0. The summed E-state index contributed by atoms with van der Waals surface area (Å²) in [6.45, 7) is 7.33. The van der Waals surface area contributed by atoms with Crippen molar-refractivity contribution in [3.8, 4) is 0 Å². The van der Waals surface area contributed by atoms with Gasteiger partial charge in [0.15, 0.2) is 0 Å². The molecular weight excluding hydrogens is 260 g/mol. The highest BCUT2D eigenvalue weighted by Crippen LogP contribution is 2.26. The maximum Gasteiger partial charge on any atom is 0.0649 e. The van der Waals surface area contributed by atoms with Crippen LogP contribution in [-0.4, -0.2) is 28.8 Å². The van der Waals surface area contributed by atoms with Crippen molar-refractivity contribution in [2.75, 3.05) is 19.4 Å². The third kappa shape index (κ3) is 3.45. The summed E-state index contributed by atoms with van der Waals surface area (Å²) < 4.78 is 1.95. The topological polar surface area (TPSA) is 33.1 Å². The monoisotopic (exact) mass is 286 g/mol. The van der Waals surface area contributed by atoms with E-state index >= 15 is 0 Å². The van der Waals surface area contributed by atoms with Gasteiger partial charge in [0, 0.05) is 30.5 Å². The van der Waals surface area contributed by atoms with Gasteiger partial charge in [0.05, 0.1) is 11.7 Å². The van der Waals surface area contributed by atoms with Crippen LogP contribution in [0.5, 0.6) is 0 Å². The first-order chi connectivity index (χ1) is 9.90. The zero-order valence-electron chi connectivity index (χ0n) is 13.9. The SMILES string of the molecule is Cc1nn(C)c(C)c1C(C)Nc1ccccc1CN(C)C. The third-order valence-electron chi connectivity index (χ3n) is 3.87. The van der Waals surface area contributed by atoms with Gasteiger partial charge in [-0.1, -0.05) is 18.2 Å². The molecule has 1 atom stereocenters. The van der Waals surface area contributed by atoms with Crippen LogP contribution in [0.4, 0.5) is 5.69 Å². The number of hydrogen-bond donors (Lipinski definition) is 1. The maximum atomic E-state index is 4.51. The van der Waals surface area contributed by atoms with Crippen molar-refractivity contribution < 1.29 is 0 Å². The molecule has 4 heteroatoms. The van der Waals surface area contributed by atoms with Gasteiger partial charge in [-0.15, -0.1) is 0 Å². The number of para-hydroxylation sites is 1. The molecule has 1 heterocycles. The summed E-state index contributed by atoms with van der Waals surface area (Å²) in [4.78, 5) is 2.19. The van der Waals surface area contributed by atoms with Gasteiger partial charge in [0.25, 0.3) is 0 Å². The van der Waals surface area contributed by atoms with Gasteiger partial charge in [0.1, 0.15) is 0 Å². The average molecular weight is 286 g/mol. The molecule has 0 aliphatic carbocycles. The van der Waals surface area contributed by atoms with Crippen molar-refractivity contribution >= 4 is 5.69 Å². The molecule has 4 nitrogen and oxygen atoms in total. The van der Waals surface area contributed by atoms with Gasteiger partial charge in [0.2, 0.25) is 0 Å². The number of nitrogens with zero attached hydrogens (tertiary/aromatic N) is 3. The quantitative estimate of drug-likeness (QED) is 0.915. The van der Waals surface area contributed by atoms with Crippen molar-refractivity contribution in [1.82, 2.24) is 14.7 Å².